The topological polar surface area (TPSA) is 259 Å². The lowest BCUT2D eigenvalue weighted by atomic mass is 9.78. The van der Waals surface area contributed by atoms with E-state index in [0.717, 1.165) is 32.1 Å². The van der Waals surface area contributed by atoms with E-state index in [-0.39, 0.29) is 95.6 Å². The molecule has 26 heteroatoms. The maximum atomic E-state index is 15.1. The van der Waals surface area contributed by atoms with Crippen LogP contribution in [-0.4, -0.2) is 226 Å². The molecule has 6 rings (SSSR count). The zero-order chi connectivity index (χ0) is 66.1. The number of likely N-dealkylation sites (N-methyl/N-ethyl adjacent to an activating group) is 5. The van der Waals surface area contributed by atoms with Crippen LogP contribution in [0.3, 0.4) is 0 Å². The van der Waals surface area contributed by atoms with Crippen LogP contribution >= 0.6 is 11.6 Å². The molecule has 0 aromatic heterocycles. The SMILES string of the molecule is CC[C@H](C)[C@@H]1NC(=O)[C@H](C)N(C)C(=O)C[C@@H](C)NC(=O)[C@H](C(C)C)N(C)C(=O)C2(CCCC2)NC(=O)[C@@H]2CCCN2C(=O)[C@H](CCC2CCC(C(F)(F)F)C(Cl)C2)NC(=O)[C@@H](C)N(C)C(=O)[C@H](CC2CCCCC2)N(C)C(=O)[C@@H]2CCN2C(=O)CN(C)C1=O. The van der Waals surface area contributed by atoms with Crippen LogP contribution in [0, 0.1) is 29.6 Å². The lowest BCUT2D eigenvalue weighted by Gasteiger charge is -2.44. The Bertz CT molecular complexity index is 2590. The number of rotatable bonds is 8. The first-order valence-electron chi connectivity index (χ1n) is 32.6. The summed E-state index contributed by atoms with van der Waals surface area (Å²) in [5.74, 6) is -9.32. The van der Waals surface area contributed by atoms with Crippen LogP contribution in [0.25, 0.3) is 0 Å². The molecule has 3 saturated heterocycles. The highest BCUT2D eigenvalue weighted by Crippen LogP contribution is 2.44. The second-order valence-corrected chi connectivity index (χ2v) is 27.7. The van der Waals surface area contributed by atoms with Gasteiger partial charge in [0.15, 0.2) is 0 Å². The summed E-state index contributed by atoms with van der Waals surface area (Å²) in [5.41, 5.74) is -1.47. The van der Waals surface area contributed by atoms with Crippen molar-refractivity contribution >= 4 is 76.6 Å². The first-order chi connectivity index (χ1) is 41.7. The highest BCUT2D eigenvalue weighted by molar-refractivity contribution is 6.20. The van der Waals surface area contributed by atoms with Crippen molar-refractivity contribution < 1.29 is 65.9 Å². The number of hydrogen-bond acceptors (Lipinski definition) is 11. The van der Waals surface area contributed by atoms with E-state index >= 15 is 9.59 Å². The van der Waals surface area contributed by atoms with Gasteiger partial charge in [-0.15, -0.1) is 11.6 Å². The van der Waals surface area contributed by atoms with Crippen LogP contribution < -0.4 is 21.3 Å². The average Bonchev–Trinajstić information content (AvgIpc) is 2.51. The van der Waals surface area contributed by atoms with Crippen molar-refractivity contribution in [2.75, 3.05) is 54.9 Å². The Balaban J connectivity index is 1.34. The molecule has 4 N–H and O–H groups in total. The fraction of sp³-hybridized carbons (Fsp3) is 0.825. The summed E-state index contributed by atoms with van der Waals surface area (Å²) < 4.78 is 41.8. The molecule has 89 heavy (non-hydrogen) atoms. The van der Waals surface area contributed by atoms with Gasteiger partial charge in [-0.05, 0) is 115 Å². The van der Waals surface area contributed by atoms with E-state index in [2.05, 4.69) is 21.3 Å². The monoisotopic (exact) mass is 1280 g/mol. The number of hydrogen-bond donors (Lipinski definition) is 4. The smallest absolute Gasteiger partial charge is 0.351 e. The van der Waals surface area contributed by atoms with Crippen molar-refractivity contribution in [1.82, 2.24) is 55.6 Å². The quantitative estimate of drug-likeness (QED) is 0.242. The molecule has 6 aliphatic rings. The van der Waals surface area contributed by atoms with E-state index in [9.17, 15) is 56.3 Å². The van der Waals surface area contributed by atoms with Gasteiger partial charge in [0.2, 0.25) is 65.0 Å². The lowest BCUT2D eigenvalue weighted by Crippen LogP contribution is -2.64. The molecule has 1 spiro atoms. The second kappa shape index (κ2) is 31.0. The molecule has 502 valence electrons. The third-order valence-electron chi connectivity index (χ3n) is 20.5. The predicted molar refractivity (Wildman–Crippen MR) is 327 cm³/mol. The summed E-state index contributed by atoms with van der Waals surface area (Å²) in [4.78, 5) is 169. The lowest BCUT2D eigenvalue weighted by molar-refractivity contribution is -0.182. The van der Waals surface area contributed by atoms with Crippen LogP contribution in [0.1, 0.15) is 177 Å². The first-order valence-corrected chi connectivity index (χ1v) is 33.0. The molecule has 6 fully saturated rings. The Morgan fingerprint density at radius 3 is 1.81 bits per heavy atom. The fourth-order valence-corrected chi connectivity index (χ4v) is 14.7. The number of carbonyl (C=O) groups excluding carboxylic acids is 11. The largest absolute Gasteiger partial charge is 0.393 e. The van der Waals surface area contributed by atoms with Crippen molar-refractivity contribution in [3.8, 4) is 0 Å². The average molecular weight is 1280 g/mol. The van der Waals surface area contributed by atoms with Gasteiger partial charge in [-0.2, -0.15) is 13.2 Å². The van der Waals surface area contributed by atoms with Crippen molar-refractivity contribution in [3.05, 3.63) is 0 Å². The Morgan fingerprint density at radius 1 is 0.596 bits per heavy atom. The zero-order valence-corrected chi connectivity index (χ0v) is 55.3. The number of fused-ring (bicyclic) bond motifs is 2. The molecule has 3 saturated carbocycles. The van der Waals surface area contributed by atoms with Gasteiger partial charge in [0, 0.05) is 66.2 Å². The van der Waals surface area contributed by atoms with Gasteiger partial charge in [-0.25, -0.2) is 0 Å². The number of alkyl halides is 4. The Morgan fingerprint density at radius 2 is 1.22 bits per heavy atom. The molecule has 3 aliphatic heterocycles. The first kappa shape index (κ1) is 72.3. The molecule has 13 atom stereocenters. The fourth-order valence-electron chi connectivity index (χ4n) is 14.2. The summed E-state index contributed by atoms with van der Waals surface area (Å²) in [5, 5.41) is 10.4. The van der Waals surface area contributed by atoms with Crippen LogP contribution in [0.5, 0.6) is 0 Å². The molecule has 0 radical (unpaired) electrons. The molecule has 3 unspecified atom stereocenters. The van der Waals surface area contributed by atoms with Crippen LogP contribution in [0.15, 0.2) is 0 Å². The third-order valence-corrected chi connectivity index (χ3v) is 21.0. The van der Waals surface area contributed by atoms with Crippen molar-refractivity contribution in [2.45, 2.75) is 248 Å². The molecule has 3 heterocycles. The molecule has 0 bridgehead atoms. The van der Waals surface area contributed by atoms with E-state index in [4.69, 9.17) is 11.6 Å². The van der Waals surface area contributed by atoms with Crippen molar-refractivity contribution in [3.63, 3.8) is 0 Å². The van der Waals surface area contributed by atoms with Crippen LogP contribution in [0.2, 0.25) is 0 Å². The normalized spacial score (nSPS) is 32.1. The van der Waals surface area contributed by atoms with E-state index in [1.807, 2.05) is 6.92 Å². The highest BCUT2D eigenvalue weighted by Gasteiger charge is 2.51. The standard InChI is InChI=1S/C63H101ClF3N11O11/c1-13-37(4)51-60(88)72(8)35-50(80)77-31-27-47(77)58(86)75(11)48(34-41-20-15-14-16-21-41)59(87)74(10)40(7)53(81)69-45(26-24-42-23-25-43(44(64)33-42)63(65,66)67)57(85)78-30-19-22-46(78)55(83)71-62(28-17-18-29-62)61(89)76(12)52(36(2)3)56(84)68-38(5)32-49(79)73(9)39(6)54(82)70-51/h36-48,51-52H,13-35H2,1-12H3,(H,68,84)(H,69,81)(H,70,82)(H,71,83)/t37-,38+,39-,40+,42?,43?,44?,45-,46-,47-,48-,51-,52-/m0/s1. The summed E-state index contributed by atoms with van der Waals surface area (Å²) in [6.45, 7) is 11.6. The van der Waals surface area contributed by atoms with Gasteiger partial charge in [-0.3, -0.25) is 52.7 Å². The molecule has 0 aromatic rings. The Labute approximate surface area is 528 Å². The van der Waals surface area contributed by atoms with Gasteiger partial charge in [0.1, 0.15) is 53.9 Å². The van der Waals surface area contributed by atoms with Gasteiger partial charge < -0.3 is 55.6 Å². The summed E-state index contributed by atoms with van der Waals surface area (Å²) in [7, 11) is 7.26. The maximum absolute atomic E-state index is 15.1. The van der Waals surface area contributed by atoms with Crippen molar-refractivity contribution in [2.24, 2.45) is 29.6 Å². The molecule has 11 amide bonds. The van der Waals surface area contributed by atoms with E-state index < -0.39 is 161 Å². The minimum atomic E-state index is -4.49. The Kier molecular flexibility index (Phi) is 25.2. The minimum absolute atomic E-state index is 0.0142. The van der Waals surface area contributed by atoms with E-state index in [1.165, 1.54) is 83.4 Å². The summed E-state index contributed by atoms with van der Waals surface area (Å²) in [6.07, 6.45) is 2.98. The summed E-state index contributed by atoms with van der Waals surface area (Å²) in [6, 6.07) is -9.82. The molecular weight excluding hydrogens is 1180 g/mol. The number of halogens is 4. The van der Waals surface area contributed by atoms with Gasteiger partial charge >= 0.3 is 6.18 Å². The van der Waals surface area contributed by atoms with E-state index in [1.54, 1.807) is 27.7 Å². The van der Waals surface area contributed by atoms with E-state index in [0.29, 0.717) is 25.7 Å². The minimum Gasteiger partial charge on any atom is -0.351 e. The number of nitrogens with zero attached hydrogens (tertiary/aromatic N) is 7. The molecule has 3 aliphatic carbocycles. The molecule has 0 aromatic carbocycles. The van der Waals surface area contributed by atoms with Crippen molar-refractivity contribution in [1.29, 1.82) is 0 Å². The van der Waals surface area contributed by atoms with Gasteiger partial charge in [0.05, 0.1) is 12.5 Å². The van der Waals surface area contributed by atoms with Crippen LogP contribution in [0.4, 0.5) is 13.2 Å². The van der Waals surface area contributed by atoms with Crippen LogP contribution in [-0.2, 0) is 52.7 Å². The van der Waals surface area contributed by atoms with Gasteiger partial charge in [0.25, 0.3) is 0 Å². The van der Waals surface area contributed by atoms with Gasteiger partial charge in [-0.1, -0.05) is 79.1 Å². The number of amides is 11. The second-order valence-electron chi connectivity index (χ2n) is 27.1. The molecular formula is C63H101ClF3N11O11. The number of carbonyl (C=O) groups is 11. The third kappa shape index (κ3) is 17.2. The summed E-state index contributed by atoms with van der Waals surface area (Å²) >= 11 is 6.38. The highest BCUT2D eigenvalue weighted by atomic mass is 35.5. The zero-order valence-electron chi connectivity index (χ0n) is 54.6. The number of nitrogens with one attached hydrogen (secondary N) is 4. The Hall–Kier alpha value is -5.75. The maximum Gasteiger partial charge on any atom is 0.393 e. The molecule has 22 nitrogen and oxygen atoms in total. The predicted octanol–water partition coefficient (Wildman–Crippen LogP) is 4.73.